The number of aromatic amines is 1. The molecule has 4 rings (SSSR count). The summed E-state index contributed by atoms with van der Waals surface area (Å²) >= 11 is 0. The molecule has 2 N–H and O–H groups in total. The molecule has 2 aromatic heterocycles. The Kier molecular flexibility index (Phi) is 3.76. The van der Waals surface area contributed by atoms with Gasteiger partial charge in [-0.25, -0.2) is 9.97 Å². The molecule has 0 aromatic carbocycles. The predicted octanol–water partition coefficient (Wildman–Crippen LogP) is 0.961. The lowest BCUT2D eigenvalue weighted by atomic mass is 9.92. The van der Waals surface area contributed by atoms with E-state index in [0.717, 1.165) is 6.42 Å². The maximum atomic E-state index is 12.8. The lowest BCUT2D eigenvalue weighted by Crippen LogP contribution is -2.68. The van der Waals surface area contributed by atoms with Crippen molar-refractivity contribution >= 4 is 22.8 Å². The smallest absolute Gasteiger partial charge is 0.256 e. The number of nitrogens with zero attached hydrogens (tertiary/aromatic N) is 3. The molecule has 8 nitrogen and oxygen atoms in total. The molecule has 3 heterocycles. The van der Waals surface area contributed by atoms with E-state index < -0.39 is 5.60 Å². The zero-order chi connectivity index (χ0) is 18.5. The molecule has 2 aliphatic rings. The first-order chi connectivity index (χ1) is 12.4. The highest BCUT2D eigenvalue weighted by molar-refractivity contribution is 6.06. The van der Waals surface area contributed by atoms with E-state index in [2.05, 4.69) is 34.1 Å². The molecule has 2 aromatic rings. The number of H-pyrrole nitrogens is 1. The SMILES string of the molecule is COC1(CNC(=O)[C@H]2CC2(C)C)CN(C(=O)c2c[nH]c3ncncc23)C1. The van der Waals surface area contributed by atoms with E-state index in [-0.39, 0.29) is 23.1 Å². The summed E-state index contributed by atoms with van der Waals surface area (Å²) in [6.45, 7) is 5.49. The fourth-order valence-electron chi connectivity index (χ4n) is 3.60. The van der Waals surface area contributed by atoms with Gasteiger partial charge in [0.05, 0.1) is 25.2 Å². The van der Waals surface area contributed by atoms with E-state index in [1.54, 1.807) is 24.4 Å². The average Bonchev–Trinajstić information content (AvgIpc) is 3.04. The number of amides is 2. The number of carbonyl (C=O) groups excluding carboxylic acids is 2. The van der Waals surface area contributed by atoms with Gasteiger partial charge in [0.1, 0.15) is 17.6 Å². The lowest BCUT2D eigenvalue weighted by molar-refractivity contribution is -0.130. The van der Waals surface area contributed by atoms with E-state index in [4.69, 9.17) is 4.74 Å². The third-order valence-corrected chi connectivity index (χ3v) is 5.68. The lowest BCUT2D eigenvalue weighted by Gasteiger charge is -2.49. The van der Waals surface area contributed by atoms with Crippen LogP contribution < -0.4 is 5.32 Å². The van der Waals surface area contributed by atoms with Crippen LogP contribution in [-0.2, 0) is 9.53 Å². The van der Waals surface area contributed by atoms with Crippen molar-refractivity contribution < 1.29 is 14.3 Å². The van der Waals surface area contributed by atoms with Crippen LogP contribution >= 0.6 is 0 Å². The molecule has 0 bridgehead atoms. The van der Waals surface area contributed by atoms with Crippen LogP contribution in [0.3, 0.4) is 0 Å². The van der Waals surface area contributed by atoms with Crippen molar-refractivity contribution in [2.45, 2.75) is 25.9 Å². The van der Waals surface area contributed by atoms with Gasteiger partial charge in [-0.15, -0.1) is 0 Å². The third-order valence-electron chi connectivity index (χ3n) is 5.68. The Morgan fingerprint density at radius 1 is 1.42 bits per heavy atom. The number of methoxy groups -OCH3 is 1. The number of hydrogen-bond donors (Lipinski definition) is 2. The highest BCUT2D eigenvalue weighted by Gasteiger charge is 2.52. The summed E-state index contributed by atoms with van der Waals surface area (Å²) < 4.78 is 5.62. The highest BCUT2D eigenvalue weighted by Crippen LogP contribution is 2.51. The number of hydrogen-bond acceptors (Lipinski definition) is 5. The van der Waals surface area contributed by atoms with Crippen LogP contribution in [0.1, 0.15) is 30.6 Å². The maximum absolute atomic E-state index is 12.8. The quantitative estimate of drug-likeness (QED) is 0.830. The molecule has 1 atom stereocenters. The predicted molar refractivity (Wildman–Crippen MR) is 94.4 cm³/mol. The fraction of sp³-hybridized carbons (Fsp3) is 0.556. The molecule has 26 heavy (non-hydrogen) atoms. The zero-order valence-electron chi connectivity index (χ0n) is 15.2. The summed E-state index contributed by atoms with van der Waals surface area (Å²) in [5.74, 6) is 0.0683. The molecule has 0 radical (unpaired) electrons. The van der Waals surface area contributed by atoms with E-state index in [1.165, 1.54) is 6.33 Å². The number of rotatable bonds is 5. The summed E-state index contributed by atoms with van der Waals surface area (Å²) in [5.41, 5.74) is 0.770. The molecule has 138 valence electrons. The van der Waals surface area contributed by atoms with Crippen molar-refractivity contribution in [2.24, 2.45) is 11.3 Å². The minimum absolute atomic E-state index is 0.0741. The molecule has 1 aliphatic carbocycles. The van der Waals surface area contributed by atoms with Gasteiger partial charge in [0, 0.05) is 30.8 Å². The van der Waals surface area contributed by atoms with Gasteiger partial charge in [-0.05, 0) is 11.8 Å². The van der Waals surface area contributed by atoms with Gasteiger partial charge in [-0.1, -0.05) is 13.8 Å². The van der Waals surface area contributed by atoms with Gasteiger partial charge in [-0.2, -0.15) is 0 Å². The largest absolute Gasteiger partial charge is 0.373 e. The Morgan fingerprint density at radius 2 is 2.15 bits per heavy atom. The number of fused-ring (bicyclic) bond motifs is 1. The van der Waals surface area contributed by atoms with Gasteiger partial charge in [-0.3, -0.25) is 9.59 Å². The van der Waals surface area contributed by atoms with E-state index in [0.29, 0.717) is 36.2 Å². The van der Waals surface area contributed by atoms with Crippen LogP contribution in [0.25, 0.3) is 11.0 Å². The zero-order valence-corrected chi connectivity index (χ0v) is 15.2. The van der Waals surface area contributed by atoms with Crippen LogP contribution in [0, 0.1) is 11.3 Å². The average molecular weight is 357 g/mol. The van der Waals surface area contributed by atoms with Gasteiger partial charge in [0.25, 0.3) is 5.91 Å². The summed E-state index contributed by atoms with van der Waals surface area (Å²) in [6.07, 6.45) is 5.65. The minimum atomic E-state index is -0.521. The second-order valence-corrected chi connectivity index (χ2v) is 8.00. The summed E-state index contributed by atoms with van der Waals surface area (Å²) in [4.78, 5) is 37.8. The van der Waals surface area contributed by atoms with Gasteiger partial charge in [0.2, 0.25) is 5.91 Å². The number of likely N-dealkylation sites (tertiary alicyclic amines) is 1. The standard InChI is InChI=1S/C18H23N5O3/c1-17(2)4-13(17)15(24)21-7-18(26-3)8-23(9-18)16(25)12-6-20-14-11(12)5-19-10-22-14/h5-6,10,13H,4,7-9H2,1-3H3,(H,21,24)(H,19,20,22)/t13-/m1/s1. The van der Waals surface area contributed by atoms with Crippen LogP contribution in [0.5, 0.6) is 0 Å². The molecule has 8 heteroatoms. The van der Waals surface area contributed by atoms with Gasteiger partial charge < -0.3 is 19.9 Å². The Morgan fingerprint density at radius 3 is 2.81 bits per heavy atom. The molecule has 2 amide bonds. The Labute approximate surface area is 151 Å². The molecular weight excluding hydrogens is 334 g/mol. The van der Waals surface area contributed by atoms with Crippen molar-refractivity contribution in [3.8, 4) is 0 Å². The summed E-state index contributed by atoms with van der Waals surface area (Å²) in [6, 6.07) is 0. The monoisotopic (exact) mass is 357 g/mol. The molecule has 0 unspecified atom stereocenters. The first-order valence-corrected chi connectivity index (χ1v) is 8.74. The summed E-state index contributed by atoms with van der Waals surface area (Å²) in [5, 5.41) is 3.69. The maximum Gasteiger partial charge on any atom is 0.256 e. The highest BCUT2D eigenvalue weighted by atomic mass is 16.5. The normalized spacial score (nSPS) is 22.7. The van der Waals surface area contributed by atoms with E-state index >= 15 is 0 Å². The Hall–Kier alpha value is -2.48. The first-order valence-electron chi connectivity index (χ1n) is 8.74. The van der Waals surface area contributed by atoms with E-state index in [9.17, 15) is 9.59 Å². The van der Waals surface area contributed by atoms with Crippen LogP contribution in [-0.4, -0.2) is 64.0 Å². The van der Waals surface area contributed by atoms with Gasteiger partial charge >= 0.3 is 0 Å². The number of ether oxygens (including phenoxy) is 1. The number of aromatic nitrogens is 3. The van der Waals surface area contributed by atoms with Crippen molar-refractivity contribution in [1.29, 1.82) is 0 Å². The topological polar surface area (TPSA) is 100 Å². The molecule has 1 saturated heterocycles. The van der Waals surface area contributed by atoms with E-state index in [1.807, 2.05) is 0 Å². The second-order valence-electron chi connectivity index (χ2n) is 8.00. The minimum Gasteiger partial charge on any atom is -0.373 e. The van der Waals surface area contributed by atoms with Crippen LogP contribution in [0.4, 0.5) is 0 Å². The third kappa shape index (κ3) is 2.74. The fourth-order valence-corrected chi connectivity index (χ4v) is 3.60. The molecule has 1 aliphatic heterocycles. The van der Waals surface area contributed by atoms with Crippen molar-refractivity contribution in [3.05, 3.63) is 24.3 Å². The second kappa shape index (κ2) is 5.77. The molecule has 2 fully saturated rings. The molecular formula is C18H23N5O3. The van der Waals surface area contributed by atoms with Gasteiger partial charge in [0.15, 0.2) is 0 Å². The van der Waals surface area contributed by atoms with Crippen molar-refractivity contribution in [2.75, 3.05) is 26.7 Å². The number of nitrogens with one attached hydrogen (secondary N) is 2. The van der Waals surface area contributed by atoms with Crippen LogP contribution in [0.15, 0.2) is 18.7 Å². The molecule has 1 saturated carbocycles. The van der Waals surface area contributed by atoms with Crippen molar-refractivity contribution in [1.82, 2.24) is 25.2 Å². The Balaban J connectivity index is 1.38. The molecule has 0 spiro atoms. The first kappa shape index (κ1) is 17.0. The van der Waals surface area contributed by atoms with Crippen molar-refractivity contribution in [3.63, 3.8) is 0 Å². The van der Waals surface area contributed by atoms with Crippen LogP contribution in [0.2, 0.25) is 0 Å². The number of carbonyl (C=O) groups is 2. The summed E-state index contributed by atoms with van der Waals surface area (Å²) in [7, 11) is 1.62. The Bertz CT molecular complexity index is 869.